The van der Waals surface area contributed by atoms with Gasteiger partial charge in [0.05, 0.1) is 0 Å². The van der Waals surface area contributed by atoms with Crippen molar-refractivity contribution in [2.75, 3.05) is 17.4 Å². The van der Waals surface area contributed by atoms with Gasteiger partial charge in [0.1, 0.15) is 18.0 Å². The lowest BCUT2D eigenvalue weighted by atomic mass is 9.98. The van der Waals surface area contributed by atoms with Gasteiger partial charge in [-0.25, -0.2) is 8.60 Å². The number of carbonyl (C=O) groups excluding carboxylic acids is 1. The zero-order valence-corrected chi connectivity index (χ0v) is 15.9. The van der Waals surface area contributed by atoms with E-state index in [-0.39, 0.29) is 24.0 Å². The fourth-order valence-electron chi connectivity index (χ4n) is 4.26. The Balaban J connectivity index is 1.53. The summed E-state index contributed by atoms with van der Waals surface area (Å²) in [6.07, 6.45) is 9.58. The maximum atomic E-state index is 15.2. The van der Waals surface area contributed by atoms with Crippen molar-refractivity contribution in [3.8, 4) is 5.75 Å². The summed E-state index contributed by atoms with van der Waals surface area (Å²) in [4.78, 5) is 11.5. The summed E-state index contributed by atoms with van der Waals surface area (Å²) in [5.41, 5.74) is 1.00. The number of hydrogen-bond acceptors (Lipinski definition) is 4. The molecular formula is C19H24FN3O3S. The van der Waals surface area contributed by atoms with Crippen LogP contribution in [0.4, 0.5) is 10.1 Å². The van der Waals surface area contributed by atoms with Gasteiger partial charge in [-0.15, -0.1) is 0 Å². The molecule has 2 atom stereocenters. The third kappa shape index (κ3) is 3.73. The van der Waals surface area contributed by atoms with Crippen LogP contribution in [0.5, 0.6) is 5.75 Å². The number of amides is 1. The van der Waals surface area contributed by atoms with E-state index in [1.807, 2.05) is 0 Å². The quantitative estimate of drug-likeness (QED) is 0.717. The van der Waals surface area contributed by atoms with E-state index >= 15 is 4.39 Å². The molecule has 3 N–H and O–H groups in total. The number of carbonyl (C=O) groups is 1. The molecule has 0 aromatic heterocycles. The number of nitrogens with one attached hydrogen (secondary N) is 2. The molecule has 1 amide bonds. The number of anilines is 1. The van der Waals surface area contributed by atoms with Gasteiger partial charge >= 0.3 is 0 Å². The standard InChI is InChI=1S/C19H24FN3O3S/c20-18-15(7-8-16(24)19(18)23-11-17(25)22-27(23)26)13-9-14(21-10-13)6-5-12-3-1-2-4-12/h7-9,12,14,21,24H,1-6,10-11H2,(H,22,25). The van der Waals surface area contributed by atoms with E-state index < -0.39 is 22.9 Å². The average molecular weight is 393 g/mol. The molecule has 2 unspecified atom stereocenters. The van der Waals surface area contributed by atoms with Gasteiger partial charge in [-0.3, -0.25) is 13.8 Å². The number of phenols is 1. The normalized spacial score (nSPS) is 25.9. The average Bonchev–Trinajstić information content (AvgIpc) is 3.36. The van der Waals surface area contributed by atoms with E-state index in [9.17, 15) is 14.1 Å². The molecule has 0 radical (unpaired) electrons. The van der Waals surface area contributed by atoms with E-state index in [0.29, 0.717) is 12.1 Å². The monoisotopic (exact) mass is 393 g/mol. The first-order valence-electron chi connectivity index (χ1n) is 9.47. The lowest BCUT2D eigenvalue weighted by Gasteiger charge is -2.18. The van der Waals surface area contributed by atoms with Crippen LogP contribution in [-0.4, -0.2) is 34.4 Å². The molecule has 6 nitrogen and oxygen atoms in total. The lowest BCUT2D eigenvalue weighted by Crippen LogP contribution is -2.24. The summed E-state index contributed by atoms with van der Waals surface area (Å²) in [5, 5.41) is 13.5. The molecule has 1 saturated heterocycles. The Hall–Kier alpha value is -1.93. The van der Waals surface area contributed by atoms with Crippen molar-refractivity contribution >= 4 is 28.3 Å². The molecule has 2 heterocycles. The second-order valence-electron chi connectivity index (χ2n) is 7.51. The highest BCUT2D eigenvalue weighted by Crippen LogP contribution is 2.37. The summed E-state index contributed by atoms with van der Waals surface area (Å²) < 4.78 is 30.4. The summed E-state index contributed by atoms with van der Waals surface area (Å²) in [6.45, 7) is 0.304. The van der Waals surface area contributed by atoms with Gasteiger partial charge in [-0.05, 0) is 36.5 Å². The van der Waals surface area contributed by atoms with E-state index in [2.05, 4.69) is 16.1 Å². The Morgan fingerprint density at radius 2 is 2.04 bits per heavy atom. The first kappa shape index (κ1) is 18.4. The molecule has 2 fully saturated rings. The molecule has 0 spiro atoms. The summed E-state index contributed by atoms with van der Waals surface area (Å²) in [6, 6.07) is 3.15. The maximum Gasteiger partial charge on any atom is 0.253 e. The van der Waals surface area contributed by atoms with Gasteiger partial charge < -0.3 is 10.4 Å². The third-order valence-electron chi connectivity index (χ3n) is 5.70. The molecule has 1 aromatic carbocycles. The third-order valence-corrected chi connectivity index (χ3v) is 6.81. The number of rotatable bonds is 5. The van der Waals surface area contributed by atoms with Crippen LogP contribution in [0, 0.1) is 11.7 Å². The Bertz CT molecular complexity index is 808. The van der Waals surface area contributed by atoms with Crippen molar-refractivity contribution < 1.29 is 18.5 Å². The fraction of sp³-hybridized carbons (Fsp3) is 0.526. The lowest BCUT2D eigenvalue weighted by molar-refractivity contribution is -0.117. The van der Waals surface area contributed by atoms with Gasteiger partial charge in [0.15, 0.2) is 5.82 Å². The van der Waals surface area contributed by atoms with Gasteiger partial charge in [0.2, 0.25) is 11.2 Å². The minimum Gasteiger partial charge on any atom is -0.506 e. The predicted molar refractivity (Wildman–Crippen MR) is 103 cm³/mol. The molecule has 2 aliphatic heterocycles. The molecule has 1 saturated carbocycles. The highest BCUT2D eigenvalue weighted by molar-refractivity contribution is 7.85. The minimum absolute atomic E-state index is 0.195. The van der Waals surface area contributed by atoms with Crippen molar-refractivity contribution in [3.63, 3.8) is 0 Å². The minimum atomic E-state index is -1.88. The van der Waals surface area contributed by atoms with Crippen molar-refractivity contribution in [1.82, 2.24) is 10.0 Å². The largest absolute Gasteiger partial charge is 0.506 e. The van der Waals surface area contributed by atoms with E-state index in [4.69, 9.17) is 0 Å². The molecule has 27 heavy (non-hydrogen) atoms. The number of hydrogen-bond donors (Lipinski definition) is 3. The van der Waals surface area contributed by atoms with E-state index in [1.165, 1.54) is 44.2 Å². The van der Waals surface area contributed by atoms with Crippen molar-refractivity contribution in [3.05, 3.63) is 29.6 Å². The van der Waals surface area contributed by atoms with Gasteiger partial charge in [0, 0.05) is 18.2 Å². The predicted octanol–water partition coefficient (Wildman–Crippen LogP) is 2.37. The molecule has 8 heteroatoms. The topological polar surface area (TPSA) is 81.7 Å². The number of nitrogens with zero attached hydrogens (tertiary/aromatic N) is 1. The molecule has 146 valence electrons. The van der Waals surface area contributed by atoms with Crippen LogP contribution in [0.15, 0.2) is 18.2 Å². The van der Waals surface area contributed by atoms with Gasteiger partial charge in [-0.1, -0.05) is 31.8 Å². The number of aromatic hydroxyl groups is 1. The van der Waals surface area contributed by atoms with Crippen LogP contribution in [0.3, 0.4) is 0 Å². The Labute approximate surface area is 160 Å². The molecule has 4 rings (SSSR count). The zero-order chi connectivity index (χ0) is 19.0. The van der Waals surface area contributed by atoms with Crippen LogP contribution < -0.4 is 14.3 Å². The number of halogens is 1. The second kappa shape index (κ2) is 7.59. The maximum absolute atomic E-state index is 15.2. The Morgan fingerprint density at radius 1 is 1.26 bits per heavy atom. The molecule has 1 aliphatic carbocycles. The van der Waals surface area contributed by atoms with Gasteiger partial charge in [0.25, 0.3) is 5.91 Å². The van der Waals surface area contributed by atoms with Crippen LogP contribution >= 0.6 is 0 Å². The molecular weight excluding hydrogens is 369 g/mol. The second-order valence-corrected chi connectivity index (χ2v) is 8.66. The Kier molecular flexibility index (Phi) is 5.19. The zero-order valence-electron chi connectivity index (χ0n) is 15.0. The van der Waals surface area contributed by atoms with Crippen LogP contribution in [0.25, 0.3) is 5.57 Å². The summed E-state index contributed by atoms with van der Waals surface area (Å²) >= 11 is -1.88. The molecule has 0 bridgehead atoms. The van der Waals surface area contributed by atoms with Crippen LogP contribution in [0.2, 0.25) is 0 Å². The molecule has 1 aromatic rings. The van der Waals surface area contributed by atoms with Crippen LogP contribution in [-0.2, 0) is 16.0 Å². The molecule has 3 aliphatic rings. The van der Waals surface area contributed by atoms with E-state index in [1.54, 1.807) is 0 Å². The smallest absolute Gasteiger partial charge is 0.253 e. The van der Waals surface area contributed by atoms with Crippen LogP contribution in [0.1, 0.15) is 44.1 Å². The first-order chi connectivity index (χ1) is 13.0. The van der Waals surface area contributed by atoms with Crippen molar-refractivity contribution in [2.24, 2.45) is 5.92 Å². The fourth-order valence-corrected chi connectivity index (χ4v) is 5.21. The summed E-state index contributed by atoms with van der Waals surface area (Å²) in [7, 11) is 0. The van der Waals surface area contributed by atoms with E-state index in [0.717, 1.165) is 22.2 Å². The highest BCUT2D eigenvalue weighted by atomic mass is 32.2. The summed E-state index contributed by atoms with van der Waals surface area (Å²) in [5.74, 6) is -0.627. The highest BCUT2D eigenvalue weighted by Gasteiger charge is 2.33. The number of benzene rings is 1. The number of phenolic OH excluding ortho intramolecular Hbond substituents is 1. The van der Waals surface area contributed by atoms with Crippen molar-refractivity contribution in [1.29, 1.82) is 0 Å². The first-order valence-corrected chi connectivity index (χ1v) is 10.6. The Morgan fingerprint density at radius 3 is 2.74 bits per heavy atom. The van der Waals surface area contributed by atoms with Crippen molar-refractivity contribution in [2.45, 2.75) is 44.6 Å². The van der Waals surface area contributed by atoms with Gasteiger partial charge in [-0.2, -0.15) is 0 Å². The SMILES string of the molecule is O=C1CN(c2c(O)ccc(C3=CC(CCC4CCCC4)NC3)c2F)S(=O)N1.